The highest BCUT2D eigenvalue weighted by molar-refractivity contribution is 7.92. The molecule has 0 saturated carbocycles. The number of fused-ring (bicyclic) bond motifs is 1. The molecule has 3 aromatic carbocycles. The largest absolute Gasteiger partial charge is 0.371 e. The van der Waals surface area contributed by atoms with Gasteiger partial charge in [-0.1, -0.05) is 48.5 Å². The van der Waals surface area contributed by atoms with Crippen molar-refractivity contribution in [3.8, 4) is 0 Å². The van der Waals surface area contributed by atoms with E-state index >= 15 is 0 Å². The summed E-state index contributed by atoms with van der Waals surface area (Å²) in [6, 6.07) is 21.4. The summed E-state index contributed by atoms with van der Waals surface area (Å²) in [4.78, 5) is 15.0. The summed E-state index contributed by atoms with van der Waals surface area (Å²) >= 11 is 0. The summed E-state index contributed by atoms with van der Waals surface area (Å²) in [5.41, 5.74) is 6.60. The lowest BCUT2D eigenvalue weighted by Crippen LogP contribution is -2.31. The van der Waals surface area contributed by atoms with Crippen molar-refractivity contribution >= 4 is 27.3 Å². The fraction of sp³-hybridized carbons (Fsp3) is 0.321. The molecule has 0 atom stereocenters. The van der Waals surface area contributed by atoms with Crippen molar-refractivity contribution in [2.24, 2.45) is 0 Å². The van der Waals surface area contributed by atoms with Crippen molar-refractivity contribution in [1.29, 1.82) is 0 Å². The smallest absolute Gasteiger partial charge is 0.251 e. The number of benzene rings is 3. The minimum Gasteiger partial charge on any atom is -0.371 e. The Balaban J connectivity index is 1.33. The molecule has 0 saturated heterocycles. The normalized spacial score (nSPS) is 12.9. The van der Waals surface area contributed by atoms with E-state index in [-0.39, 0.29) is 12.5 Å². The van der Waals surface area contributed by atoms with Gasteiger partial charge in [-0.15, -0.1) is 0 Å². The maximum Gasteiger partial charge on any atom is 0.251 e. The average molecular weight is 492 g/mol. The molecule has 0 radical (unpaired) electrons. The van der Waals surface area contributed by atoms with E-state index in [2.05, 4.69) is 34.5 Å². The lowest BCUT2D eigenvalue weighted by molar-refractivity contribution is 0.0953. The SMILES string of the molecule is Cc1cccc(C)c1N(Cc1ccc(C(=O)NCCCN2CCc3ccccc32)cc1)S(C)(=O)=O. The predicted molar refractivity (Wildman–Crippen MR) is 143 cm³/mol. The lowest BCUT2D eigenvalue weighted by atomic mass is 10.1. The summed E-state index contributed by atoms with van der Waals surface area (Å²) in [5.74, 6) is -0.118. The molecule has 184 valence electrons. The van der Waals surface area contributed by atoms with Crippen molar-refractivity contribution < 1.29 is 13.2 Å². The lowest BCUT2D eigenvalue weighted by Gasteiger charge is -2.26. The molecule has 1 heterocycles. The molecule has 35 heavy (non-hydrogen) atoms. The van der Waals surface area contributed by atoms with Gasteiger partial charge in [-0.3, -0.25) is 9.10 Å². The van der Waals surface area contributed by atoms with E-state index in [1.807, 2.05) is 44.2 Å². The Morgan fingerprint density at radius 2 is 1.66 bits per heavy atom. The molecular formula is C28H33N3O3S. The highest BCUT2D eigenvalue weighted by Crippen LogP contribution is 2.29. The fourth-order valence-electron chi connectivity index (χ4n) is 4.70. The van der Waals surface area contributed by atoms with E-state index < -0.39 is 10.0 Å². The van der Waals surface area contributed by atoms with Gasteiger partial charge in [0, 0.05) is 30.9 Å². The number of sulfonamides is 1. The zero-order valence-corrected chi connectivity index (χ0v) is 21.4. The summed E-state index contributed by atoms with van der Waals surface area (Å²) in [6.45, 7) is 6.58. The van der Waals surface area contributed by atoms with Crippen molar-refractivity contribution in [1.82, 2.24) is 5.32 Å². The zero-order valence-electron chi connectivity index (χ0n) is 20.6. The van der Waals surface area contributed by atoms with Crippen LogP contribution in [0, 0.1) is 13.8 Å². The average Bonchev–Trinajstić information content (AvgIpc) is 3.24. The number of para-hydroxylation sites is 2. The first-order valence-corrected chi connectivity index (χ1v) is 13.8. The van der Waals surface area contributed by atoms with Crippen LogP contribution in [0.5, 0.6) is 0 Å². The second-order valence-corrected chi connectivity index (χ2v) is 11.1. The summed E-state index contributed by atoms with van der Waals surface area (Å²) in [6.07, 6.45) is 3.17. The Kier molecular flexibility index (Phi) is 7.45. The Hall–Kier alpha value is -3.32. The Morgan fingerprint density at radius 3 is 2.34 bits per heavy atom. The quantitative estimate of drug-likeness (QED) is 0.449. The third-order valence-electron chi connectivity index (χ3n) is 6.51. The van der Waals surface area contributed by atoms with Gasteiger partial charge in [0.05, 0.1) is 18.5 Å². The monoisotopic (exact) mass is 491 g/mol. The van der Waals surface area contributed by atoms with Crippen LogP contribution in [0.1, 0.15) is 39.0 Å². The van der Waals surface area contributed by atoms with Gasteiger partial charge in [-0.25, -0.2) is 8.42 Å². The van der Waals surface area contributed by atoms with Crippen molar-refractivity contribution in [3.63, 3.8) is 0 Å². The van der Waals surface area contributed by atoms with E-state index in [1.54, 1.807) is 12.1 Å². The number of amides is 1. The van der Waals surface area contributed by atoms with Gasteiger partial charge in [0.15, 0.2) is 0 Å². The number of aryl methyl sites for hydroxylation is 2. The maximum absolute atomic E-state index is 12.6. The number of rotatable bonds is 9. The Labute approximate surface area is 208 Å². The van der Waals surface area contributed by atoms with Crippen LogP contribution in [0.15, 0.2) is 66.7 Å². The molecule has 7 heteroatoms. The fourth-order valence-corrected chi connectivity index (χ4v) is 5.70. The first-order chi connectivity index (χ1) is 16.7. The summed E-state index contributed by atoms with van der Waals surface area (Å²) < 4.78 is 26.6. The van der Waals surface area contributed by atoms with E-state index in [1.165, 1.54) is 21.8 Å². The highest BCUT2D eigenvalue weighted by atomic mass is 32.2. The first kappa shape index (κ1) is 24.8. The van der Waals surface area contributed by atoms with Crippen LogP contribution in [0.2, 0.25) is 0 Å². The molecule has 1 aliphatic heterocycles. The maximum atomic E-state index is 12.6. The molecule has 4 rings (SSSR count). The van der Waals surface area contributed by atoms with Crippen LogP contribution in [-0.4, -0.2) is 40.2 Å². The molecule has 3 aromatic rings. The van der Waals surface area contributed by atoms with Crippen LogP contribution in [0.3, 0.4) is 0 Å². The third kappa shape index (κ3) is 5.85. The molecule has 6 nitrogen and oxygen atoms in total. The number of carbonyl (C=O) groups is 1. The minimum atomic E-state index is -3.48. The second kappa shape index (κ2) is 10.5. The van der Waals surface area contributed by atoms with Gasteiger partial charge in [0.1, 0.15) is 0 Å². The Bertz CT molecular complexity index is 1280. The number of nitrogens with zero attached hydrogens (tertiary/aromatic N) is 2. The Morgan fingerprint density at radius 1 is 0.971 bits per heavy atom. The second-order valence-electron chi connectivity index (χ2n) is 9.18. The van der Waals surface area contributed by atoms with Gasteiger partial charge in [-0.2, -0.15) is 0 Å². The highest BCUT2D eigenvalue weighted by Gasteiger charge is 2.22. The van der Waals surface area contributed by atoms with Gasteiger partial charge in [-0.05, 0) is 67.1 Å². The van der Waals surface area contributed by atoms with Gasteiger partial charge in [0.2, 0.25) is 10.0 Å². The van der Waals surface area contributed by atoms with Crippen LogP contribution < -0.4 is 14.5 Å². The molecule has 0 unspecified atom stereocenters. The molecule has 0 spiro atoms. The van der Waals surface area contributed by atoms with E-state index in [4.69, 9.17) is 0 Å². The molecule has 1 aliphatic rings. The number of anilines is 2. The number of hydrogen-bond acceptors (Lipinski definition) is 4. The van der Waals surface area contributed by atoms with Crippen molar-refractivity contribution in [2.75, 3.05) is 35.1 Å². The van der Waals surface area contributed by atoms with Crippen LogP contribution in [0.4, 0.5) is 11.4 Å². The number of hydrogen-bond donors (Lipinski definition) is 1. The molecular weight excluding hydrogens is 458 g/mol. The predicted octanol–water partition coefficient (Wildman–Crippen LogP) is 4.45. The zero-order chi connectivity index (χ0) is 25.0. The topological polar surface area (TPSA) is 69.7 Å². The summed E-state index contributed by atoms with van der Waals surface area (Å²) in [7, 11) is -3.48. The standard InChI is InChI=1S/C28H33N3O3S/c1-21-8-6-9-22(2)27(21)31(35(3,33)34)20-23-12-14-25(15-13-23)28(32)29-17-7-18-30-19-16-24-10-4-5-11-26(24)30/h4-6,8-15H,7,16-20H2,1-3H3,(H,29,32). The third-order valence-corrected chi connectivity index (χ3v) is 7.62. The van der Waals surface area contributed by atoms with Crippen molar-refractivity contribution in [3.05, 3.63) is 94.5 Å². The van der Waals surface area contributed by atoms with Crippen LogP contribution in [-0.2, 0) is 23.0 Å². The molecule has 0 aliphatic carbocycles. The molecule has 1 amide bonds. The molecule has 1 N–H and O–H groups in total. The van der Waals surface area contributed by atoms with Crippen molar-refractivity contribution in [2.45, 2.75) is 33.2 Å². The van der Waals surface area contributed by atoms with E-state index in [9.17, 15) is 13.2 Å². The van der Waals surface area contributed by atoms with Gasteiger partial charge in [0.25, 0.3) is 5.91 Å². The first-order valence-electron chi connectivity index (χ1n) is 12.0. The molecule has 0 aromatic heterocycles. The minimum absolute atomic E-state index is 0.118. The van der Waals surface area contributed by atoms with Gasteiger partial charge < -0.3 is 10.2 Å². The number of carbonyl (C=O) groups excluding carboxylic acids is 1. The van der Waals surface area contributed by atoms with Crippen LogP contribution >= 0.6 is 0 Å². The van der Waals surface area contributed by atoms with E-state index in [0.29, 0.717) is 17.8 Å². The van der Waals surface area contributed by atoms with Gasteiger partial charge >= 0.3 is 0 Å². The van der Waals surface area contributed by atoms with E-state index in [0.717, 1.165) is 42.6 Å². The molecule has 0 fully saturated rings. The molecule has 0 bridgehead atoms. The summed E-state index contributed by atoms with van der Waals surface area (Å²) in [5, 5.41) is 3.00. The van der Waals surface area contributed by atoms with Crippen LogP contribution in [0.25, 0.3) is 0 Å². The number of nitrogens with one attached hydrogen (secondary N) is 1.